The molecule has 0 fully saturated rings. The van der Waals surface area contributed by atoms with E-state index in [2.05, 4.69) is 11.6 Å². The van der Waals surface area contributed by atoms with E-state index in [9.17, 15) is 14.4 Å². The number of aromatic nitrogens is 2. The van der Waals surface area contributed by atoms with Crippen molar-refractivity contribution in [3.8, 4) is 0 Å². The van der Waals surface area contributed by atoms with Crippen molar-refractivity contribution in [2.45, 2.75) is 80.2 Å². The highest BCUT2D eigenvalue weighted by atomic mass is 16.5. The van der Waals surface area contributed by atoms with Gasteiger partial charge in [0.1, 0.15) is 5.82 Å². The van der Waals surface area contributed by atoms with Crippen molar-refractivity contribution in [1.29, 1.82) is 0 Å². The highest BCUT2D eigenvalue weighted by Gasteiger charge is 2.05. The third-order valence-electron chi connectivity index (χ3n) is 3.17. The fourth-order valence-electron chi connectivity index (χ4n) is 1.87. The SMILES string of the molecule is C=CC(=O)OCCCCCCOC(=O)CCn1ccc(N)nc1=O.CC.CC.CC. The molecule has 0 radical (unpaired) electrons. The van der Waals surface area contributed by atoms with Crippen LogP contribution >= 0.6 is 0 Å². The van der Waals surface area contributed by atoms with Gasteiger partial charge in [0.2, 0.25) is 0 Å². The fourth-order valence-corrected chi connectivity index (χ4v) is 1.87. The number of nitrogens with zero attached hydrogens (tertiary/aromatic N) is 2. The zero-order valence-electron chi connectivity index (χ0n) is 19.6. The summed E-state index contributed by atoms with van der Waals surface area (Å²) in [5, 5.41) is 0. The molecule has 0 saturated carbocycles. The number of hydrogen-bond acceptors (Lipinski definition) is 7. The Bertz CT molecular complexity index is 615. The number of carbonyl (C=O) groups is 2. The normalized spacial score (nSPS) is 8.73. The van der Waals surface area contributed by atoms with Gasteiger partial charge in [-0.25, -0.2) is 9.59 Å². The summed E-state index contributed by atoms with van der Waals surface area (Å²) in [6.07, 6.45) is 5.99. The van der Waals surface area contributed by atoms with E-state index in [-0.39, 0.29) is 24.8 Å². The van der Waals surface area contributed by atoms with Gasteiger partial charge >= 0.3 is 17.6 Å². The molecule has 0 bridgehead atoms. The maximum Gasteiger partial charge on any atom is 0.349 e. The standard InChI is InChI=1S/C16H23N3O5.3C2H6/c1-2-14(20)23-11-5-3-4-6-12-24-15(21)8-10-19-9-7-13(17)18-16(19)22;3*1-2/h2,7,9H,1,3-6,8,10-12H2,(H2,17,18,22);3*1-2H3. The summed E-state index contributed by atoms with van der Waals surface area (Å²) in [5.41, 5.74) is 4.90. The van der Waals surface area contributed by atoms with Crippen molar-refractivity contribution in [3.63, 3.8) is 0 Å². The predicted octanol–water partition coefficient (Wildman–Crippen LogP) is 4.13. The number of rotatable bonds is 11. The Morgan fingerprint density at radius 1 is 1.03 bits per heavy atom. The number of ether oxygens (including phenoxy) is 2. The first-order valence-corrected chi connectivity index (χ1v) is 10.8. The molecule has 1 rings (SSSR count). The molecule has 2 N–H and O–H groups in total. The Morgan fingerprint density at radius 2 is 1.57 bits per heavy atom. The summed E-state index contributed by atoms with van der Waals surface area (Å²) >= 11 is 0. The van der Waals surface area contributed by atoms with E-state index in [1.807, 2.05) is 41.5 Å². The highest BCUT2D eigenvalue weighted by molar-refractivity contribution is 5.81. The van der Waals surface area contributed by atoms with E-state index >= 15 is 0 Å². The van der Waals surface area contributed by atoms with E-state index in [4.69, 9.17) is 15.2 Å². The molecule has 174 valence electrons. The van der Waals surface area contributed by atoms with Gasteiger partial charge in [0, 0.05) is 18.8 Å². The number of hydrogen-bond donors (Lipinski definition) is 1. The molecule has 8 heteroatoms. The lowest BCUT2D eigenvalue weighted by atomic mass is 10.2. The quantitative estimate of drug-likeness (QED) is 0.321. The molecule has 1 aromatic rings. The second-order valence-corrected chi connectivity index (χ2v) is 5.08. The first-order chi connectivity index (χ1) is 14.5. The highest BCUT2D eigenvalue weighted by Crippen LogP contribution is 2.02. The molecule has 0 amide bonds. The van der Waals surface area contributed by atoms with Gasteiger partial charge in [0.15, 0.2) is 0 Å². The first kappa shape index (κ1) is 32.0. The molecule has 0 aliphatic heterocycles. The van der Waals surface area contributed by atoms with Gasteiger partial charge in [-0.3, -0.25) is 9.36 Å². The minimum Gasteiger partial charge on any atom is -0.466 e. The van der Waals surface area contributed by atoms with E-state index in [0.29, 0.717) is 13.2 Å². The molecule has 30 heavy (non-hydrogen) atoms. The van der Waals surface area contributed by atoms with Crippen LogP contribution in [-0.4, -0.2) is 34.7 Å². The maximum atomic E-state index is 11.6. The number of unbranched alkanes of at least 4 members (excludes halogenated alkanes) is 3. The van der Waals surface area contributed by atoms with Gasteiger partial charge in [-0.05, 0) is 31.7 Å². The van der Waals surface area contributed by atoms with E-state index < -0.39 is 11.7 Å². The van der Waals surface area contributed by atoms with Crippen LogP contribution in [0.1, 0.15) is 73.6 Å². The second kappa shape index (κ2) is 24.4. The third-order valence-corrected chi connectivity index (χ3v) is 3.17. The van der Waals surface area contributed by atoms with Gasteiger partial charge in [-0.2, -0.15) is 4.98 Å². The molecule has 0 atom stereocenters. The van der Waals surface area contributed by atoms with Gasteiger partial charge in [-0.15, -0.1) is 0 Å². The summed E-state index contributed by atoms with van der Waals surface area (Å²) in [4.78, 5) is 37.4. The Kier molecular flexibility index (Phi) is 26.1. The Labute approximate surface area is 181 Å². The molecule has 0 aliphatic rings. The van der Waals surface area contributed by atoms with Crippen molar-refractivity contribution in [2.75, 3.05) is 18.9 Å². The molecule has 0 aromatic carbocycles. The summed E-state index contributed by atoms with van der Waals surface area (Å²) in [7, 11) is 0. The first-order valence-electron chi connectivity index (χ1n) is 10.8. The smallest absolute Gasteiger partial charge is 0.349 e. The van der Waals surface area contributed by atoms with Crippen molar-refractivity contribution >= 4 is 17.8 Å². The van der Waals surface area contributed by atoms with Gasteiger partial charge in [-0.1, -0.05) is 48.1 Å². The second-order valence-electron chi connectivity index (χ2n) is 5.08. The average Bonchev–Trinajstić information content (AvgIpc) is 2.78. The molecule has 0 aliphatic carbocycles. The van der Waals surface area contributed by atoms with Gasteiger partial charge in [0.25, 0.3) is 0 Å². The monoisotopic (exact) mass is 427 g/mol. The summed E-state index contributed by atoms with van der Waals surface area (Å²) < 4.78 is 11.2. The zero-order valence-corrected chi connectivity index (χ0v) is 19.6. The van der Waals surface area contributed by atoms with E-state index in [1.165, 1.54) is 16.8 Å². The molecule has 1 heterocycles. The molecule has 0 spiro atoms. The van der Waals surface area contributed by atoms with Crippen molar-refractivity contribution < 1.29 is 19.1 Å². The molecular weight excluding hydrogens is 386 g/mol. The van der Waals surface area contributed by atoms with Gasteiger partial charge < -0.3 is 15.2 Å². The maximum absolute atomic E-state index is 11.6. The van der Waals surface area contributed by atoms with E-state index in [1.54, 1.807) is 0 Å². The van der Waals surface area contributed by atoms with Crippen molar-refractivity contribution in [1.82, 2.24) is 9.55 Å². The van der Waals surface area contributed by atoms with Crippen LogP contribution in [0.25, 0.3) is 0 Å². The predicted molar refractivity (Wildman–Crippen MR) is 122 cm³/mol. The number of aryl methyl sites for hydroxylation is 1. The Balaban J connectivity index is -0.00000111. The summed E-state index contributed by atoms with van der Waals surface area (Å²) in [6.45, 7) is 16.2. The number of carbonyl (C=O) groups excluding carboxylic acids is 2. The number of esters is 2. The largest absolute Gasteiger partial charge is 0.466 e. The van der Waals surface area contributed by atoms with Crippen molar-refractivity contribution in [2.24, 2.45) is 0 Å². The molecule has 0 saturated heterocycles. The summed E-state index contributed by atoms with van der Waals surface area (Å²) in [5.74, 6) is -0.629. The van der Waals surface area contributed by atoms with Crippen molar-refractivity contribution in [3.05, 3.63) is 35.4 Å². The van der Waals surface area contributed by atoms with Crippen LogP contribution in [-0.2, 0) is 25.6 Å². The lowest BCUT2D eigenvalue weighted by Crippen LogP contribution is -2.24. The van der Waals surface area contributed by atoms with E-state index in [0.717, 1.165) is 31.8 Å². The van der Waals surface area contributed by atoms with Crippen LogP contribution in [0.4, 0.5) is 5.82 Å². The third kappa shape index (κ3) is 18.7. The van der Waals surface area contributed by atoms with Crippen LogP contribution < -0.4 is 11.4 Å². The lowest BCUT2D eigenvalue weighted by Gasteiger charge is -2.06. The molecule has 1 aromatic heterocycles. The Hall–Kier alpha value is -2.64. The summed E-state index contributed by atoms with van der Waals surface area (Å²) in [6, 6.07) is 1.50. The minimum absolute atomic E-state index is 0.100. The Morgan fingerprint density at radius 3 is 2.07 bits per heavy atom. The number of nitrogens with two attached hydrogens (primary N) is 1. The minimum atomic E-state index is -0.486. The lowest BCUT2D eigenvalue weighted by molar-refractivity contribution is -0.144. The number of nitrogen functional groups attached to an aromatic ring is 1. The average molecular weight is 428 g/mol. The van der Waals surface area contributed by atoms with Gasteiger partial charge in [0.05, 0.1) is 19.6 Å². The fraction of sp³-hybridized carbons (Fsp3) is 0.636. The van der Waals surface area contributed by atoms with Crippen LogP contribution in [0.5, 0.6) is 0 Å². The number of anilines is 1. The van der Waals surface area contributed by atoms with Crippen LogP contribution in [0.15, 0.2) is 29.7 Å². The molecular formula is C22H41N3O5. The van der Waals surface area contributed by atoms with Crippen LogP contribution in [0.2, 0.25) is 0 Å². The zero-order chi connectivity index (χ0) is 23.8. The van der Waals surface area contributed by atoms with Crippen LogP contribution in [0.3, 0.4) is 0 Å². The topological polar surface area (TPSA) is 114 Å². The molecule has 0 unspecified atom stereocenters. The molecule has 8 nitrogen and oxygen atoms in total. The van der Waals surface area contributed by atoms with Crippen LogP contribution in [0, 0.1) is 0 Å².